The van der Waals surface area contributed by atoms with E-state index in [2.05, 4.69) is 5.32 Å². The Kier molecular flexibility index (Phi) is 3.67. The third-order valence-electron chi connectivity index (χ3n) is 2.32. The van der Waals surface area contributed by atoms with Crippen LogP contribution in [0.3, 0.4) is 0 Å². The predicted octanol–water partition coefficient (Wildman–Crippen LogP) is 4.19. The number of hydrogen-bond donors (Lipinski definition) is 1. The largest absolute Gasteiger partial charge is 0.362 e. The highest BCUT2D eigenvalue weighted by Gasteiger charge is 2.07. The van der Waals surface area contributed by atoms with Gasteiger partial charge in [0.25, 0.3) is 0 Å². The first-order chi connectivity index (χ1) is 8.66. The Labute approximate surface area is 103 Å². The summed E-state index contributed by atoms with van der Waals surface area (Å²) >= 11 is 0. The summed E-state index contributed by atoms with van der Waals surface area (Å²) < 4.78 is 39.2. The maximum absolute atomic E-state index is 13.3. The van der Waals surface area contributed by atoms with Crippen molar-refractivity contribution in [1.29, 1.82) is 0 Å². The number of hydrogen-bond acceptors (Lipinski definition) is 1. The van der Waals surface area contributed by atoms with Gasteiger partial charge in [0.05, 0.1) is 0 Å². The molecule has 0 aromatic heterocycles. The van der Waals surface area contributed by atoms with Gasteiger partial charge >= 0.3 is 0 Å². The van der Waals surface area contributed by atoms with Gasteiger partial charge in [-0.05, 0) is 18.2 Å². The fourth-order valence-electron chi connectivity index (χ4n) is 1.47. The molecule has 0 aliphatic carbocycles. The minimum Gasteiger partial charge on any atom is -0.362 e. The third-order valence-corrected chi connectivity index (χ3v) is 2.32. The second kappa shape index (κ2) is 5.40. The highest BCUT2D eigenvalue weighted by Crippen LogP contribution is 2.16. The van der Waals surface area contributed by atoms with Gasteiger partial charge in [-0.3, -0.25) is 0 Å². The molecule has 0 aliphatic rings. The summed E-state index contributed by atoms with van der Waals surface area (Å²) in [6.07, 6.45) is 2.62. The van der Waals surface area contributed by atoms with E-state index in [9.17, 15) is 13.2 Å². The second-order valence-corrected chi connectivity index (χ2v) is 3.63. The Morgan fingerprint density at radius 1 is 0.889 bits per heavy atom. The van der Waals surface area contributed by atoms with Crippen LogP contribution in [0.2, 0.25) is 0 Å². The van der Waals surface area contributed by atoms with Crippen LogP contribution in [0.15, 0.2) is 48.7 Å². The molecule has 0 spiro atoms. The van der Waals surface area contributed by atoms with Crippen molar-refractivity contribution in [2.24, 2.45) is 0 Å². The van der Waals surface area contributed by atoms with Gasteiger partial charge in [-0.2, -0.15) is 0 Å². The van der Waals surface area contributed by atoms with Crippen molar-refractivity contribution in [2.75, 3.05) is 5.32 Å². The molecule has 0 fully saturated rings. The van der Waals surface area contributed by atoms with E-state index in [4.69, 9.17) is 0 Å². The Bertz CT molecular complexity index is 542. The van der Waals surface area contributed by atoms with E-state index in [0.29, 0.717) is 12.1 Å². The Morgan fingerprint density at radius 2 is 1.50 bits per heavy atom. The van der Waals surface area contributed by atoms with Crippen molar-refractivity contribution in [3.63, 3.8) is 0 Å². The lowest BCUT2D eigenvalue weighted by Gasteiger charge is -2.01. The van der Waals surface area contributed by atoms with Gasteiger partial charge in [0.15, 0.2) is 0 Å². The lowest BCUT2D eigenvalue weighted by atomic mass is 10.2. The summed E-state index contributed by atoms with van der Waals surface area (Å²) in [5.41, 5.74) is 0.511. The van der Waals surface area contributed by atoms with Gasteiger partial charge in [-0.1, -0.05) is 18.2 Å². The summed E-state index contributed by atoms with van der Waals surface area (Å²) in [4.78, 5) is 0. The molecule has 1 nitrogen and oxygen atoms in total. The van der Waals surface area contributed by atoms with Crippen LogP contribution in [0.5, 0.6) is 0 Å². The SMILES string of the molecule is Fc1cc(F)c(C=CNc2ccccc2)c(F)c1. The van der Waals surface area contributed by atoms with Crippen LogP contribution in [-0.4, -0.2) is 0 Å². The molecule has 0 amide bonds. The third kappa shape index (κ3) is 2.91. The van der Waals surface area contributed by atoms with Gasteiger partial charge in [0.1, 0.15) is 17.5 Å². The van der Waals surface area contributed by atoms with Crippen molar-refractivity contribution < 1.29 is 13.2 Å². The van der Waals surface area contributed by atoms with E-state index in [1.54, 1.807) is 0 Å². The standard InChI is InChI=1S/C14H10F3N/c15-10-8-13(16)12(14(17)9-10)6-7-18-11-4-2-1-3-5-11/h1-9,18H. The van der Waals surface area contributed by atoms with E-state index in [-0.39, 0.29) is 5.56 Å². The van der Waals surface area contributed by atoms with Crippen LogP contribution in [-0.2, 0) is 0 Å². The van der Waals surface area contributed by atoms with Gasteiger partial charge in [-0.15, -0.1) is 0 Å². The molecule has 92 valence electrons. The first kappa shape index (κ1) is 12.2. The smallest absolute Gasteiger partial charge is 0.136 e. The van der Waals surface area contributed by atoms with Gasteiger partial charge in [-0.25, -0.2) is 13.2 Å². The molecule has 18 heavy (non-hydrogen) atoms. The van der Waals surface area contributed by atoms with Crippen LogP contribution in [0, 0.1) is 17.5 Å². The number of benzene rings is 2. The van der Waals surface area contributed by atoms with Crippen LogP contribution < -0.4 is 5.32 Å². The summed E-state index contributed by atoms with van der Waals surface area (Å²) in [5, 5.41) is 2.85. The van der Waals surface area contributed by atoms with Crippen molar-refractivity contribution in [3.8, 4) is 0 Å². The average molecular weight is 249 g/mol. The Balaban J connectivity index is 2.15. The number of nitrogens with one attached hydrogen (secondary N) is 1. The lowest BCUT2D eigenvalue weighted by molar-refractivity contribution is 0.540. The zero-order valence-corrected chi connectivity index (χ0v) is 9.33. The highest BCUT2D eigenvalue weighted by molar-refractivity contribution is 5.55. The molecule has 2 aromatic rings. The Morgan fingerprint density at radius 3 is 2.11 bits per heavy atom. The molecule has 0 heterocycles. The highest BCUT2D eigenvalue weighted by atomic mass is 19.1. The molecule has 4 heteroatoms. The number of anilines is 1. The molecular formula is C14H10F3N. The molecule has 2 aromatic carbocycles. The molecule has 0 atom stereocenters. The molecule has 0 bridgehead atoms. The minimum atomic E-state index is -0.932. The topological polar surface area (TPSA) is 12.0 Å². The summed E-state index contributed by atoms with van der Waals surface area (Å²) in [6.45, 7) is 0. The zero-order valence-electron chi connectivity index (χ0n) is 9.33. The quantitative estimate of drug-likeness (QED) is 0.860. The normalized spacial score (nSPS) is 10.8. The fourth-order valence-corrected chi connectivity index (χ4v) is 1.47. The predicted molar refractivity (Wildman–Crippen MR) is 65.4 cm³/mol. The summed E-state index contributed by atoms with van der Waals surface area (Å²) in [6, 6.07) is 10.4. The molecule has 0 radical (unpaired) electrons. The molecule has 0 aliphatic heterocycles. The van der Waals surface area contributed by atoms with Gasteiger partial charge < -0.3 is 5.32 Å². The van der Waals surface area contributed by atoms with Crippen molar-refractivity contribution in [1.82, 2.24) is 0 Å². The summed E-state index contributed by atoms with van der Waals surface area (Å²) in [5.74, 6) is -2.80. The lowest BCUT2D eigenvalue weighted by Crippen LogP contribution is -1.92. The molecular weight excluding hydrogens is 239 g/mol. The molecule has 0 unspecified atom stereocenters. The number of halogens is 3. The van der Waals surface area contributed by atoms with E-state index >= 15 is 0 Å². The Hall–Kier alpha value is -2.23. The fraction of sp³-hybridized carbons (Fsp3) is 0. The van der Waals surface area contributed by atoms with Crippen molar-refractivity contribution >= 4 is 11.8 Å². The molecule has 0 saturated heterocycles. The molecule has 2 rings (SSSR count). The van der Waals surface area contributed by atoms with E-state index < -0.39 is 17.5 Å². The van der Waals surface area contributed by atoms with E-state index in [0.717, 1.165) is 5.69 Å². The minimum absolute atomic E-state index is 0.278. The van der Waals surface area contributed by atoms with Crippen LogP contribution in [0.25, 0.3) is 6.08 Å². The summed E-state index contributed by atoms with van der Waals surface area (Å²) in [7, 11) is 0. The number of rotatable bonds is 3. The van der Waals surface area contributed by atoms with Crippen molar-refractivity contribution in [2.45, 2.75) is 0 Å². The van der Waals surface area contributed by atoms with Crippen LogP contribution in [0.1, 0.15) is 5.56 Å². The zero-order chi connectivity index (χ0) is 13.0. The van der Waals surface area contributed by atoms with Crippen LogP contribution >= 0.6 is 0 Å². The van der Waals surface area contributed by atoms with Crippen molar-refractivity contribution in [3.05, 3.63) is 71.7 Å². The van der Waals surface area contributed by atoms with E-state index in [1.807, 2.05) is 30.3 Å². The molecule has 1 N–H and O–H groups in total. The second-order valence-electron chi connectivity index (χ2n) is 3.63. The first-order valence-corrected chi connectivity index (χ1v) is 5.29. The maximum atomic E-state index is 13.3. The monoisotopic (exact) mass is 249 g/mol. The van der Waals surface area contributed by atoms with Gasteiger partial charge in [0.2, 0.25) is 0 Å². The van der Waals surface area contributed by atoms with E-state index in [1.165, 1.54) is 12.3 Å². The molecule has 0 saturated carbocycles. The van der Waals surface area contributed by atoms with Gasteiger partial charge in [0, 0.05) is 29.6 Å². The average Bonchev–Trinajstić information content (AvgIpc) is 2.34. The first-order valence-electron chi connectivity index (χ1n) is 5.29. The van der Waals surface area contributed by atoms with Crippen LogP contribution in [0.4, 0.5) is 18.9 Å². The maximum Gasteiger partial charge on any atom is 0.136 e. The number of para-hydroxylation sites is 1.